The third kappa shape index (κ3) is 3.16. The standard InChI is InChI=1S/C13H12BrN5OS/c1-7(12-15-8(2)19-20-12)21-13-16-11(17-18-13)9-5-3-4-6-10(9)14/h3-7H,1-2H3,(H,16,17,18)/t7-/m0/s1. The van der Waals surface area contributed by atoms with E-state index in [1.165, 1.54) is 11.8 Å². The first-order chi connectivity index (χ1) is 10.1. The highest BCUT2D eigenvalue weighted by Crippen LogP contribution is 2.33. The van der Waals surface area contributed by atoms with E-state index in [0.29, 0.717) is 16.9 Å². The Labute approximate surface area is 133 Å². The van der Waals surface area contributed by atoms with Crippen LogP contribution >= 0.6 is 27.7 Å². The Morgan fingerprint density at radius 3 is 2.81 bits per heavy atom. The largest absolute Gasteiger partial charge is 0.338 e. The molecule has 0 saturated carbocycles. The zero-order chi connectivity index (χ0) is 14.8. The van der Waals surface area contributed by atoms with Gasteiger partial charge in [-0.1, -0.05) is 51.0 Å². The number of nitrogens with one attached hydrogen (secondary N) is 1. The third-order valence-corrected chi connectivity index (χ3v) is 4.41. The normalized spacial score (nSPS) is 12.5. The van der Waals surface area contributed by atoms with Gasteiger partial charge in [0.1, 0.15) is 0 Å². The van der Waals surface area contributed by atoms with Gasteiger partial charge >= 0.3 is 0 Å². The Balaban J connectivity index is 1.78. The number of hydrogen-bond donors (Lipinski definition) is 1. The molecule has 0 saturated heterocycles. The molecule has 0 fully saturated rings. The topological polar surface area (TPSA) is 80.5 Å². The number of nitrogens with zero attached hydrogens (tertiary/aromatic N) is 4. The number of aromatic nitrogens is 5. The smallest absolute Gasteiger partial charge is 0.239 e. The zero-order valence-electron chi connectivity index (χ0n) is 11.4. The summed E-state index contributed by atoms with van der Waals surface area (Å²) in [5.41, 5.74) is 0.970. The molecule has 1 N–H and O–H groups in total. The minimum Gasteiger partial charge on any atom is -0.338 e. The van der Waals surface area contributed by atoms with Crippen LogP contribution in [0.4, 0.5) is 0 Å². The molecule has 6 nitrogen and oxygen atoms in total. The van der Waals surface area contributed by atoms with Crippen molar-refractivity contribution in [3.05, 3.63) is 40.5 Å². The van der Waals surface area contributed by atoms with Gasteiger partial charge in [-0.15, -0.1) is 5.10 Å². The van der Waals surface area contributed by atoms with E-state index < -0.39 is 0 Å². The number of halogens is 1. The van der Waals surface area contributed by atoms with Crippen LogP contribution in [0.3, 0.4) is 0 Å². The molecule has 2 heterocycles. The predicted molar refractivity (Wildman–Crippen MR) is 82.8 cm³/mol. The lowest BCUT2D eigenvalue weighted by Gasteiger charge is -2.01. The molecule has 0 aliphatic carbocycles. The molecular formula is C13H12BrN5OS. The van der Waals surface area contributed by atoms with Crippen molar-refractivity contribution >= 4 is 27.7 Å². The van der Waals surface area contributed by atoms with Crippen molar-refractivity contribution in [3.63, 3.8) is 0 Å². The molecule has 1 aromatic carbocycles. The van der Waals surface area contributed by atoms with Gasteiger partial charge in [-0.05, 0) is 19.9 Å². The number of aromatic amines is 1. The maximum atomic E-state index is 5.15. The summed E-state index contributed by atoms with van der Waals surface area (Å²) >= 11 is 4.97. The maximum Gasteiger partial charge on any atom is 0.239 e. The Morgan fingerprint density at radius 2 is 2.10 bits per heavy atom. The Kier molecular flexibility index (Phi) is 4.07. The highest BCUT2D eigenvalue weighted by atomic mass is 79.9. The molecule has 0 unspecified atom stereocenters. The summed E-state index contributed by atoms with van der Waals surface area (Å²) in [7, 11) is 0. The molecule has 0 radical (unpaired) electrons. The Bertz CT molecular complexity index is 756. The van der Waals surface area contributed by atoms with Gasteiger partial charge in [-0.2, -0.15) is 4.98 Å². The lowest BCUT2D eigenvalue weighted by Crippen LogP contribution is -1.90. The third-order valence-electron chi connectivity index (χ3n) is 2.77. The molecule has 0 bridgehead atoms. The minimum atomic E-state index is -0.00550. The van der Waals surface area contributed by atoms with Gasteiger partial charge in [0.15, 0.2) is 11.6 Å². The quantitative estimate of drug-likeness (QED) is 0.708. The number of aryl methyl sites for hydroxylation is 1. The summed E-state index contributed by atoms with van der Waals surface area (Å²) in [6.45, 7) is 3.77. The Morgan fingerprint density at radius 1 is 1.29 bits per heavy atom. The first-order valence-electron chi connectivity index (χ1n) is 6.27. The fourth-order valence-electron chi connectivity index (χ4n) is 1.76. The van der Waals surface area contributed by atoms with E-state index in [0.717, 1.165) is 15.9 Å². The first kappa shape index (κ1) is 14.3. The van der Waals surface area contributed by atoms with E-state index in [-0.39, 0.29) is 5.25 Å². The Hall–Kier alpha value is -1.67. The van der Waals surface area contributed by atoms with Crippen LogP contribution in [0, 0.1) is 6.92 Å². The van der Waals surface area contributed by atoms with Gasteiger partial charge in [0.25, 0.3) is 0 Å². The number of rotatable bonds is 4. The number of thioether (sulfide) groups is 1. The SMILES string of the molecule is Cc1noc([C@H](C)Sc2n[nH]c(-c3ccccc3Br)n2)n1. The summed E-state index contributed by atoms with van der Waals surface area (Å²) < 4.78 is 6.12. The molecule has 3 rings (SSSR count). The molecule has 8 heteroatoms. The van der Waals surface area contributed by atoms with Gasteiger partial charge in [-0.25, -0.2) is 4.98 Å². The van der Waals surface area contributed by atoms with E-state index in [2.05, 4.69) is 41.3 Å². The predicted octanol–water partition coefficient (Wildman–Crippen LogP) is 3.78. The van der Waals surface area contributed by atoms with Crippen LogP contribution in [-0.2, 0) is 0 Å². The van der Waals surface area contributed by atoms with E-state index in [1.807, 2.05) is 31.2 Å². The minimum absolute atomic E-state index is 0.00550. The maximum absolute atomic E-state index is 5.15. The van der Waals surface area contributed by atoms with Crippen molar-refractivity contribution in [2.75, 3.05) is 0 Å². The van der Waals surface area contributed by atoms with Crippen LogP contribution in [0.15, 0.2) is 38.4 Å². The molecule has 21 heavy (non-hydrogen) atoms. The summed E-state index contributed by atoms with van der Waals surface area (Å²) in [4.78, 5) is 8.70. The molecule has 3 aromatic rings. The summed E-state index contributed by atoms with van der Waals surface area (Å²) in [5.74, 6) is 1.92. The average Bonchev–Trinajstić information content (AvgIpc) is 3.08. The highest BCUT2D eigenvalue weighted by Gasteiger charge is 2.17. The second-order valence-corrected chi connectivity index (χ2v) is 6.55. The lowest BCUT2D eigenvalue weighted by molar-refractivity contribution is 0.376. The van der Waals surface area contributed by atoms with Gasteiger partial charge in [0, 0.05) is 10.0 Å². The molecule has 0 aliphatic heterocycles. The van der Waals surface area contributed by atoms with Crippen molar-refractivity contribution in [2.24, 2.45) is 0 Å². The molecule has 0 spiro atoms. The van der Waals surface area contributed by atoms with E-state index >= 15 is 0 Å². The summed E-state index contributed by atoms with van der Waals surface area (Å²) in [6.07, 6.45) is 0. The zero-order valence-corrected chi connectivity index (χ0v) is 13.8. The van der Waals surface area contributed by atoms with Gasteiger partial charge < -0.3 is 4.52 Å². The van der Waals surface area contributed by atoms with Crippen molar-refractivity contribution < 1.29 is 4.52 Å². The highest BCUT2D eigenvalue weighted by molar-refractivity contribution is 9.10. The van der Waals surface area contributed by atoms with Crippen molar-refractivity contribution in [2.45, 2.75) is 24.3 Å². The van der Waals surface area contributed by atoms with Crippen LogP contribution in [0.2, 0.25) is 0 Å². The number of benzene rings is 1. The lowest BCUT2D eigenvalue weighted by atomic mass is 10.2. The van der Waals surface area contributed by atoms with Crippen LogP contribution < -0.4 is 0 Å². The average molecular weight is 366 g/mol. The molecule has 0 amide bonds. The fraction of sp³-hybridized carbons (Fsp3) is 0.231. The van der Waals surface area contributed by atoms with E-state index in [4.69, 9.17) is 4.52 Å². The number of hydrogen-bond acceptors (Lipinski definition) is 6. The number of H-pyrrole nitrogens is 1. The molecule has 1 atom stereocenters. The summed E-state index contributed by atoms with van der Waals surface area (Å²) in [6, 6.07) is 7.86. The van der Waals surface area contributed by atoms with E-state index in [1.54, 1.807) is 6.92 Å². The van der Waals surface area contributed by atoms with Crippen LogP contribution in [0.1, 0.15) is 23.9 Å². The molecule has 2 aromatic heterocycles. The van der Waals surface area contributed by atoms with Crippen LogP contribution in [0.25, 0.3) is 11.4 Å². The van der Waals surface area contributed by atoms with Crippen molar-refractivity contribution in [1.29, 1.82) is 0 Å². The first-order valence-corrected chi connectivity index (χ1v) is 7.95. The van der Waals surface area contributed by atoms with Crippen molar-refractivity contribution in [3.8, 4) is 11.4 Å². The fourth-order valence-corrected chi connectivity index (χ4v) is 2.99. The van der Waals surface area contributed by atoms with Crippen LogP contribution in [-0.4, -0.2) is 25.3 Å². The van der Waals surface area contributed by atoms with Gasteiger partial charge in [0.2, 0.25) is 11.0 Å². The van der Waals surface area contributed by atoms with Gasteiger partial charge in [-0.3, -0.25) is 5.10 Å². The monoisotopic (exact) mass is 365 g/mol. The summed E-state index contributed by atoms with van der Waals surface area (Å²) in [5, 5.41) is 11.6. The van der Waals surface area contributed by atoms with Crippen LogP contribution in [0.5, 0.6) is 0 Å². The molecular weight excluding hydrogens is 354 g/mol. The van der Waals surface area contributed by atoms with Crippen molar-refractivity contribution in [1.82, 2.24) is 25.3 Å². The van der Waals surface area contributed by atoms with E-state index in [9.17, 15) is 0 Å². The molecule has 108 valence electrons. The molecule has 0 aliphatic rings. The second kappa shape index (κ2) is 5.98. The van der Waals surface area contributed by atoms with Gasteiger partial charge in [0.05, 0.1) is 5.25 Å². The second-order valence-electron chi connectivity index (χ2n) is 4.39.